The maximum absolute atomic E-state index is 11.9. The molecule has 0 spiro atoms. The zero-order valence-electron chi connectivity index (χ0n) is 9.62. The highest BCUT2D eigenvalue weighted by molar-refractivity contribution is 9.09. The van der Waals surface area contributed by atoms with Crippen LogP contribution in [-0.4, -0.2) is 24.4 Å². The van der Waals surface area contributed by atoms with E-state index in [0.717, 1.165) is 36.0 Å². The first-order chi connectivity index (χ1) is 8.31. The molecule has 2 rings (SSSR count). The van der Waals surface area contributed by atoms with Gasteiger partial charge in [-0.25, -0.2) is 0 Å². The second kappa shape index (κ2) is 6.05. The number of para-hydroxylation sites is 1. The van der Waals surface area contributed by atoms with Gasteiger partial charge in [0, 0.05) is 11.9 Å². The Hall–Kier alpha value is -1.03. The fraction of sp³-hybridized carbons (Fsp3) is 0.462. The predicted molar refractivity (Wildman–Crippen MR) is 70.6 cm³/mol. The number of amides is 1. The molecule has 0 aliphatic carbocycles. The zero-order valence-corrected chi connectivity index (χ0v) is 11.2. The van der Waals surface area contributed by atoms with Crippen LogP contribution in [0, 0.1) is 5.92 Å². The average Bonchev–Trinajstić information content (AvgIpc) is 2.38. The van der Waals surface area contributed by atoms with E-state index in [1.165, 1.54) is 0 Å². The Kier molecular flexibility index (Phi) is 4.42. The molecule has 1 aliphatic rings. The Morgan fingerprint density at radius 2 is 2.29 bits per heavy atom. The molecule has 0 saturated heterocycles. The minimum atomic E-state index is -0.0553. The highest BCUT2D eigenvalue weighted by atomic mass is 79.9. The lowest BCUT2D eigenvalue weighted by atomic mass is 9.96. The predicted octanol–water partition coefficient (Wildman–Crippen LogP) is 2.14. The fourth-order valence-electron chi connectivity index (χ4n) is 1.92. The monoisotopic (exact) mass is 297 g/mol. The highest BCUT2D eigenvalue weighted by Crippen LogP contribution is 2.26. The summed E-state index contributed by atoms with van der Waals surface area (Å²) in [6, 6.07) is 7.91. The maximum atomic E-state index is 11.9. The van der Waals surface area contributed by atoms with Gasteiger partial charge in [-0.3, -0.25) is 4.79 Å². The largest absolute Gasteiger partial charge is 0.492 e. The third kappa shape index (κ3) is 3.22. The van der Waals surface area contributed by atoms with Crippen LogP contribution in [0.15, 0.2) is 24.3 Å². The second-order valence-electron chi connectivity index (χ2n) is 4.15. The molecule has 4 heteroatoms. The number of alkyl halides is 1. The Morgan fingerprint density at radius 1 is 1.47 bits per heavy atom. The number of rotatable bonds is 4. The van der Waals surface area contributed by atoms with Crippen LogP contribution in [0.25, 0.3) is 0 Å². The lowest BCUT2D eigenvalue weighted by Crippen LogP contribution is -2.37. The molecule has 0 saturated carbocycles. The molecule has 1 amide bonds. The van der Waals surface area contributed by atoms with E-state index in [1.807, 2.05) is 24.3 Å². The minimum absolute atomic E-state index is 0.0553. The number of halogens is 1. The van der Waals surface area contributed by atoms with Crippen molar-refractivity contribution in [2.24, 2.45) is 5.92 Å². The van der Waals surface area contributed by atoms with E-state index in [2.05, 4.69) is 21.2 Å². The van der Waals surface area contributed by atoms with Gasteiger partial charge in [-0.05, 0) is 24.5 Å². The quantitative estimate of drug-likeness (QED) is 0.683. The van der Waals surface area contributed by atoms with Crippen LogP contribution in [-0.2, 0) is 11.2 Å². The first-order valence-electron chi connectivity index (χ1n) is 5.85. The van der Waals surface area contributed by atoms with Gasteiger partial charge in [-0.1, -0.05) is 34.1 Å². The van der Waals surface area contributed by atoms with Gasteiger partial charge in [0.2, 0.25) is 5.91 Å². The SMILES string of the molecule is O=C(NCCCBr)C1COc2ccccc2C1. The molecule has 1 atom stereocenters. The summed E-state index contributed by atoms with van der Waals surface area (Å²) in [6.45, 7) is 1.21. The van der Waals surface area contributed by atoms with E-state index < -0.39 is 0 Å². The number of hydrogen-bond donors (Lipinski definition) is 1. The summed E-state index contributed by atoms with van der Waals surface area (Å²) in [4.78, 5) is 11.9. The maximum Gasteiger partial charge on any atom is 0.226 e. The molecule has 1 heterocycles. The van der Waals surface area contributed by atoms with Crippen LogP contribution in [0.5, 0.6) is 5.75 Å². The summed E-state index contributed by atoms with van der Waals surface area (Å²) in [5, 5.41) is 3.85. The molecule has 1 aliphatic heterocycles. The van der Waals surface area contributed by atoms with Gasteiger partial charge in [0.15, 0.2) is 0 Å². The summed E-state index contributed by atoms with van der Waals surface area (Å²) in [7, 11) is 0. The van der Waals surface area contributed by atoms with Crippen molar-refractivity contribution >= 4 is 21.8 Å². The van der Waals surface area contributed by atoms with Crippen molar-refractivity contribution in [2.75, 3.05) is 18.5 Å². The Morgan fingerprint density at radius 3 is 3.12 bits per heavy atom. The van der Waals surface area contributed by atoms with E-state index in [-0.39, 0.29) is 11.8 Å². The minimum Gasteiger partial charge on any atom is -0.492 e. The molecule has 0 aromatic heterocycles. The molecule has 92 valence electrons. The summed E-state index contributed by atoms with van der Waals surface area (Å²) in [5.74, 6) is 0.956. The smallest absolute Gasteiger partial charge is 0.226 e. The Bertz CT molecular complexity index is 395. The zero-order chi connectivity index (χ0) is 12.1. The topological polar surface area (TPSA) is 38.3 Å². The van der Waals surface area contributed by atoms with Crippen LogP contribution in [0.3, 0.4) is 0 Å². The van der Waals surface area contributed by atoms with Crippen LogP contribution < -0.4 is 10.1 Å². The van der Waals surface area contributed by atoms with E-state index in [1.54, 1.807) is 0 Å². The van der Waals surface area contributed by atoms with Crippen LogP contribution >= 0.6 is 15.9 Å². The van der Waals surface area contributed by atoms with Gasteiger partial charge in [0.1, 0.15) is 12.4 Å². The van der Waals surface area contributed by atoms with Crippen molar-refractivity contribution in [3.63, 3.8) is 0 Å². The number of ether oxygens (including phenoxy) is 1. The molecule has 0 bridgehead atoms. The van der Waals surface area contributed by atoms with Gasteiger partial charge >= 0.3 is 0 Å². The first-order valence-corrected chi connectivity index (χ1v) is 6.98. The number of nitrogens with one attached hydrogen (secondary N) is 1. The fourth-order valence-corrected chi connectivity index (χ4v) is 2.20. The molecular weight excluding hydrogens is 282 g/mol. The van der Waals surface area contributed by atoms with Crippen molar-refractivity contribution in [1.29, 1.82) is 0 Å². The van der Waals surface area contributed by atoms with Crippen LogP contribution in [0.4, 0.5) is 0 Å². The lowest BCUT2D eigenvalue weighted by Gasteiger charge is -2.24. The van der Waals surface area contributed by atoms with Crippen molar-refractivity contribution in [2.45, 2.75) is 12.8 Å². The summed E-state index contributed by atoms with van der Waals surface area (Å²) >= 11 is 3.34. The number of hydrogen-bond acceptors (Lipinski definition) is 2. The number of fused-ring (bicyclic) bond motifs is 1. The Labute approximate surface area is 110 Å². The van der Waals surface area contributed by atoms with E-state index in [4.69, 9.17) is 4.74 Å². The molecule has 17 heavy (non-hydrogen) atoms. The third-order valence-electron chi connectivity index (χ3n) is 2.86. The molecule has 0 fully saturated rings. The normalized spacial score (nSPS) is 18.1. The molecule has 1 unspecified atom stereocenters. The summed E-state index contributed by atoms with van der Waals surface area (Å²) < 4.78 is 5.59. The molecule has 1 aromatic carbocycles. The number of carbonyl (C=O) groups excluding carboxylic acids is 1. The molecular formula is C13H16BrNO2. The van der Waals surface area contributed by atoms with Gasteiger partial charge in [-0.2, -0.15) is 0 Å². The molecule has 3 nitrogen and oxygen atoms in total. The third-order valence-corrected chi connectivity index (χ3v) is 3.42. The molecule has 0 radical (unpaired) electrons. The Balaban J connectivity index is 1.91. The summed E-state index contributed by atoms with van der Waals surface area (Å²) in [5.41, 5.74) is 1.12. The van der Waals surface area contributed by atoms with Crippen molar-refractivity contribution < 1.29 is 9.53 Å². The van der Waals surface area contributed by atoms with Crippen LogP contribution in [0.2, 0.25) is 0 Å². The van der Waals surface area contributed by atoms with Crippen molar-refractivity contribution in [3.8, 4) is 5.75 Å². The van der Waals surface area contributed by atoms with E-state index in [0.29, 0.717) is 6.61 Å². The van der Waals surface area contributed by atoms with Crippen molar-refractivity contribution in [1.82, 2.24) is 5.32 Å². The lowest BCUT2D eigenvalue weighted by molar-refractivity contribution is -0.126. The van der Waals surface area contributed by atoms with Gasteiger partial charge in [0.05, 0.1) is 5.92 Å². The second-order valence-corrected chi connectivity index (χ2v) is 4.95. The van der Waals surface area contributed by atoms with E-state index in [9.17, 15) is 4.79 Å². The first kappa shape index (κ1) is 12.4. The average molecular weight is 298 g/mol. The standard InChI is InChI=1S/C13H16BrNO2/c14-6-3-7-15-13(16)11-8-10-4-1-2-5-12(10)17-9-11/h1-2,4-5,11H,3,6-9H2,(H,15,16). The van der Waals surface area contributed by atoms with Crippen LogP contribution in [0.1, 0.15) is 12.0 Å². The van der Waals surface area contributed by atoms with Crippen molar-refractivity contribution in [3.05, 3.63) is 29.8 Å². The molecule has 1 N–H and O–H groups in total. The van der Waals surface area contributed by atoms with Gasteiger partial charge < -0.3 is 10.1 Å². The highest BCUT2D eigenvalue weighted by Gasteiger charge is 2.25. The van der Waals surface area contributed by atoms with E-state index >= 15 is 0 Å². The number of benzene rings is 1. The molecule has 1 aromatic rings. The van der Waals surface area contributed by atoms with Gasteiger partial charge in [-0.15, -0.1) is 0 Å². The summed E-state index contributed by atoms with van der Waals surface area (Å²) in [6.07, 6.45) is 1.73. The number of carbonyl (C=O) groups is 1. The van der Waals surface area contributed by atoms with Gasteiger partial charge in [0.25, 0.3) is 0 Å².